The maximum Gasteiger partial charge on any atom is 0.408 e. The minimum Gasteiger partial charge on any atom is -0.444 e. The van der Waals surface area contributed by atoms with E-state index in [0.717, 1.165) is 21.9 Å². The van der Waals surface area contributed by atoms with Crippen molar-refractivity contribution in [3.05, 3.63) is 55.1 Å². The lowest BCUT2D eigenvalue weighted by Gasteiger charge is -2.36. The van der Waals surface area contributed by atoms with Crippen molar-refractivity contribution >= 4 is 56.4 Å². The van der Waals surface area contributed by atoms with E-state index in [9.17, 15) is 27.6 Å². The van der Waals surface area contributed by atoms with E-state index in [1.807, 2.05) is 61.9 Å². The van der Waals surface area contributed by atoms with Gasteiger partial charge in [0.05, 0.1) is 6.26 Å². The molecule has 1 saturated carbocycles. The van der Waals surface area contributed by atoms with Crippen LogP contribution in [0.1, 0.15) is 54.4 Å². The minimum absolute atomic E-state index is 0.171. The molecule has 5 unspecified atom stereocenters. The van der Waals surface area contributed by atoms with E-state index >= 15 is 0 Å². The Morgan fingerprint density at radius 1 is 1.07 bits per heavy atom. The van der Waals surface area contributed by atoms with Crippen molar-refractivity contribution in [2.45, 2.75) is 87.8 Å². The summed E-state index contributed by atoms with van der Waals surface area (Å²) in [6.45, 7) is 14.5. The van der Waals surface area contributed by atoms with E-state index in [4.69, 9.17) is 4.74 Å². The standard InChI is InChI=1S/C33H44N4O7S2/c1-9-22-18-33(22,29(40)36-46(8,42)43)35-27(38)25-17-24(45-23-15-14-20-12-10-11-13-21(20)16-23)19-37(25)28(39)26(31(2,3)4)34-30(41)44-32(5,6)7/h9-16,22,24-26H,1,17-19H2,2-8H3,(H,34,41)(H,35,38)(H,36,40). The van der Waals surface area contributed by atoms with Crippen LogP contribution >= 0.6 is 11.8 Å². The first-order valence-corrected chi connectivity index (χ1v) is 17.9. The zero-order chi connectivity index (χ0) is 34.2. The molecule has 2 fully saturated rings. The lowest BCUT2D eigenvalue weighted by molar-refractivity contribution is -0.142. The average Bonchev–Trinajstić information content (AvgIpc) is 3.48. The molecule has 1 heterocycles. The number of sulfonamides is 1. The first-order valence-electron chi connectivity index (χ1n) is 15.1. The second kappa shape index (κ2) is 12.9. The van der Waals surface area contributed by atoms with Crippen molar-refractivity contribution in [2.75, 3.05) is 12.8 Å². The van der Waals surface area contributed by atoms with Gasteiger partial charge in [0.25, 0.3) is 5.91 Å². The number of carbonyl (C=O) groups excluding carboxylic acids is 4. The molecule has 13 heteroatoms. The monoisotopic (exact) mass is 672 g/mol. The Bertz CT molecular complexity index is 1650. The molecule has 1 aliphatic carbocycles. The van der Waals surface area contributed by atoms with Gasteiger partial charge in [-0.1, -0.05) is 57.2 Å². The van der Waals surface area contributed by atoms with Gasteiger partial charge in [-0.05, 0) is 61.9 Å². The number of alkyl carbamates (subject to hydrolysis) is 1. The number of fused-ring (bicyclic) bond motifs is 1. The Morgan fingerprint density at radius 3 is 2.28 bits per heavy atom. The van der Waals surface area contributed by atoms with Crippen LogP contribution in [0.4, 0.5) is 4.79 Å². The summed E-state index contributed by atoms with van der Waals surface area (Å²) >= 11 is 1.54. The number of nitrogens with one attached hydrogen (secondary N) is 3. The predicted octanol–water partition coefficient (Wildman–Crippen LogP) is 3.98. The Hall–Kier alpha value is -3.58. The fourth-order valence-corrected chi connectivity index (χ4v) is 7.40. The van der Waals surface area contributed by atoms with Gasteiger partial charge in [0, 0.05) is 22.6 Å². The summed E-state index contributed by atoms with van der Waals surface area (Å²) in [4.78, 5) is 56.6. The second-order valence-electron chi connectivity index (χ2n) is 14.1. The van der Waals surface area contributed by atoms with Gasteiger partial charge in [-0.15, -0.1) is 18.3 Å². The quantitative estimate of drug-likeness (QED) is 0.339. The molecule has 2 aromatic rings. The molecule has 250 valence electrons. The molecule has 4 amide bonds. The zero-order valence-corrected chi connectivity index (χ0v) is 29.0. The van der Waals surface area contributed by atoms with Gasteiger partial charge in [-0.3, -0.25) is 19.1 Å². The van der Waals surface area contributed by atoms with Gasteiger partial charge in [0.2, 0.25) is 21.8 Å². The Labute approximate surface area is 275 Å². The molecule has 11 nitrogen and oxygen atoms in total. The van der Waals surface area contributed by atoms with E-state index in [1.165, 1.54) is 11.0 Å². The third kappa shape index (κ3) is 8.41. The number of benzene rings is 2. The van der Waals surface area contributed by atoms with Crippen molar-refractivity contribution < 1.29 is 32.3 Å². The number of hydrogen-bond acceptors (Lipinski definition) is 8. The van der Waals surface area contributed by atoms with Crippen LogP contribution in [0, 0.1) is 11.3 Å². The summed E-state index contributed by atoms with van der Waals surface area (Å²) in [5.41, 5.74) is -3.04. The fraction of sp³-hybridized carbons (Fsp3) is 0.515. The van der Waals surface area contributed by atoms with Crippen LogP contribution in [0.25, 0.3) is 10.8 Å². The highest BCUT2D eigenvalue weighted by Gasteiger charge is 2.61. The number of thioether (sulfide) groups is 1. The number of nitrogens with zero attached hydrogens (tertiary/aromatic N) is 1. The van der Waals surface area contributed by atoms with E-state index in [2.05, 4.69) is 23.3 Å². The van der Waals surface area contributed by atoms with Crippen LogP contribution in [-0.2, 0) is 29.1 Å². The summed E-state index contributed by atoms with van der Waals surface area (Å²) in [7, 11) is -3.89. The molecular formula is C33H44N4O7S2. The van der Waals surface area contributed by atoms with Gasteiger partial charge in [0.15, 0.2) is 0 Å². The Kier molecular flexibility index (Phi) is 9.90. The van der Waals surface area contributed by atoms with Crippen molar-refractivity contribution in [2.24, 2.45) is 11.3 Å². The number of likely N-dealkylation sites (tertiary alicyclic amines) is 1. The van der Waals surface area contributed by atoms with Crippen molar-refractivity contribution in [1.82, 2.24) is 20.3 Å². The summed E-state index contributed by atoms with van der Waals surface area (Å²) in [6, 6.07) is 12.0. The van der Waals surface area contributed by atoms with Gasteiger partial charge < -0.3 is 20.3 Å². The summed E-state index contributed by atoms with van der Waals surface area (Å²) in [5, 5.41) is 7.45. The highest BCUT2D eigenvalue weighted by molar-refractivity contribution is 8.00. The molecule has 2 aromatic carbocycles. The van der Waals surface area contributed by atoms with Crippen LogP contribution in [-0.4, -0.2) is 78.4 Å². The number of rotatable bonds is 9. The molecule has 3 N–H and O–H groups in total. The largest absolute Gasteiger partial charge is 0.444 e. The molecule has 0 aromatic heterocycles. The topological polar surface area (TPSA) is 151 Å². The molecule has 1 saturated heterocycles. The molecule has 5 atom stereocenters. The van der Waals surface area contributed by atoms with Crippen LogP contribution < -0.4 is 15.4 Å². The third-order valence-corrected chi connectivity index (χ3v) is 9.73. The summed E-state index contributed by atoms with van der Waals surface area (Å²) in [5.74, 6) is -2.40. The van der Waals surface area contributed by atoms with E-state index in [1.54, 1.807) is 32.5 Å². The Morgan fingerprint density at radius 2 is 1.72 bits per heavy atom. The molecule has 46 heavy (non-hydrogen) atoms. The number of carbonyl (C=O) groups is 4. The molecule has 0 radical (unpaired) electrons. The zero-order valence-electron chi connectivity index (χ0n) is 27.4. The molecule has 0 spiro atoms. The highest BCUT2D eigenvalue weighted by Crippen LogP contribution is 2.45. The molecule has 2 aliphatic rings. The van der Waals surface area contributed by atoms with Crippen molar-refractivity contribution in [3.8, 4) is 0 Å². The van der Waals surface area contributed by atoms with Crippen LogP contribution in [0.15, 0.2) is 60.0 Å². The van der Waals surface area contributed by atoms with Gasteiger partial charge in [-0.2, -0.15) is 0 Å². The summed E-state index contributed by atoms with van der Waals surface area (Å²) in [6.07, 6.45) is 2.04. The third-order valence-electron chi connectivity index (χ3n) is 7.97. The molecule has 4 rings (SSSR count). The van der Waals surface area contributed by atoms with Crippen molar-refractivity contribution in [1.29, 1.82) is 0 Å². The van der Waals surface area contributed by atoms with E-state index in [-0.39, 0.29) is 24.6 Å². The molecule has 1 aliphatic heterocycles. The Balaban J connectivity index is 1.64. The predicted molar refractivity (Wildman–Crippen MR) is 178 cm³/mol. The first kappa shape index (κ1) is 35.3. The van der Waals surface area contributed by atoms with Crippen LogP contribution in [0.3, 0.4) is 0 Å². The maximum atomic E-state index is 14.3. The van der Waals surface area contributed by atoms with Crippen LogP contribution in [0.5, 0.6) is 0 Å². The van der Waals surface area contributed by atoms with Crippen molar-refractivity contribution in [3.63, 3.8) is 0 Å². The minimum atomic E-state index is -3.89. The van der Waals surface area contributed by atoms with Gasteiger partial charge >= 0.3 is 6.09 Å². The summed E-state index contributed by atoms with van der Waals surface area (Å²) < 4.78 is 31.1. The number of hydrogen-bond donors (Lipinski definition) is 3. The first-order chi connectivity index (χ1) is 21.2. The van der Waals surface area contributed by atoms with Gasteiger partial charge in [0.1, 0.15) is 23.2 Å². The molecular weight excluding hydrogens is 629 g/mol. The average molecular weight is 673 g/mol. The normalized spacial score (nSPS) is 23.7. The van der Waals surface area contributed by atoms with Gasteiger partial charge in [-0.25, -0.2) is 13.2 Å². The smallest absolute Gasteiger partial charge is 0.408 e. The lowest BCUT2D eigenvalue weighted by Crippen LogP contribution is -2.60. The van der Waals surface area contributed by atoms with Crippen LogP contribution in [0.2, 0.25) is 0 Å². The van der Waals surface area contributed by atoms with E-state index in [0.29, 0.717) is 0 Å². The fourth-order valence-electron chi connectivity index (χ4n) is 5.64. The number of amides is 4. The lowest BCUT2D eigenvalue weighted by atomic mass is 9.85. The molecule has 0 bridgehead atoms. The number of ether oxygens (including phenoxy) is 1. The highest BCUT2D eigenvalue weighted by atomic mass is 32.2. The SMILES string of the molecule is C=CC1CC1(NC(=O)C1CC(Sc2ccc3ccccc3c2)CN1C(=O)C(NC(=O)OC(C)(C)C)C(C)(C)C)C(=O)NS(C)(=O)=O. The van der Waals surface area contributed by atoms with E-state index < -0.39 is 68.4 Å². The second-order valence-corrected chi connectivity index (χ2v) is 17.3. The maximum absolute atomic E-state index is 14.3.